The first-order chi connectivity index (χ1) is 11.6. The van der Waals surface area contributed by atoms with E-state index >= 15 is 0 Å². The highest BCUT2D eigenvalue weighted by molar-refractivity contribution is 6.44. The van der Waals surface area contributed by atoms with E-state index in [1.165, 1.54) is 24.3 Å². The van der Waals surface area contributed by atoms with Crippen LogP contribution in [0.3, 0.4) is 0 Å². The summed E-state index contributed by atoms with van der Waals surface area (Å²) in [6, 6.07) is 6.60. The molecule has 25 heavy (non-hydrogen) atoms. The number of rotatable bonds is 2. The van der Waals surface area contributed by atoms with Gasteiger partial charge >= 0.3 is 12.2 Å². The number of carbonyl (C=O) groups is 1. The number of benzene rings is 2. The molecule has 0 bridgehead atoms. The molecular formula is C15H8Cl2F3N3O2. The van der Waals surface area contributed by atoms with Gasteiger partial charge in [-0.2, -0.15) is 18.4 Å². The second-order valence-corrected chi connectivity index (χ2v) is 5.46. The van der Waals surface area contributed by atoms with Crippen LogP contribution in [0.5, 0.6) is 5.75 Å². The SMILES string of the molecule is N#Cc1ccc(NC(=O)Nc2cccc(Cl)c2Cl)c(O)c1C(F)(F)F. The molecule has 10 heteroatoms. The fourth-order valence-electron chi connectivity index (χ4n) is 1.95. The average molecular weight is 390 g/mol. The van der Waals surface area contributed by atoms with Gasteiger partial charge in [0, 0.05) is 0 Å². The number of halogens is 5. The maximum absolute atomic E-state index is 13.0. The molecule has 0 unspecified atom stereocenters. The zero-order valence-corrected chi connectivity index (χ0v) is 13.6. The first-order valence-electron chi connectivity index (χ1n) is 6.50. The number of nitriles is 1. The van der Waals surface area contributed by atoms with Gasteiger partial charge in [-0.05, 0) is 24.3 Å². The molecule has 0 aromatic heterocycles. The fraction of sp³-hybridized carbons (Fsp3) is 0.0667. The molecule has 2 aromatic carbocycles. The standard InChI is InChI=1S/C15H8Cl2F3N3O2/c16-8-2-1-3-9(12(8)17)22-14(25)23-10-5-4-7(6-21)11(13(10)24)15(18,19)20/h1-5,24H,(H2,22,23,25). The average Bonchev–Trinajstić information content (AvgIpc) is 2.52. The van der Waals surface area contributed by atoms with Gasteiger partial charge in [0.05, 0.1) is 33.1 Å². The topological polar surface area (TPSA) is 85.2 Å². The minimum atomic E-state index is -4.97. The summed E-state index contributed by atoms with van der Waals surface area (Å²) in [5, 5.41) is 23.1. The molecule has 0 aliphatic heterocycles. The van der Waals surface area contributed by atoms with Crippen molar-refractivity contribution in [1.29, 1.82) is 5.26 Å². The number of anilines is 2. The van der Waals surface area contributed by atoms with E-state index in [4.69, 9.17) is 28.5 Å². The number of phenols is 1. The maximum atomic E-state index is 13.0. The van der Waals surface area contributed by atoms with Gasteiger partial charge in [0.2, 0.25) is 0 Å². The van der Waals surface area contributed by atoms with Crippen LogP contribution in [0.15, 0.2) is 30.3 Å². The molecule has 5 nitrogen and oxygen atoms in total. The second-order valence-electron chi connectivity index (χ2n) is 4.67. The smallest absolute Gasteiger partial charge is 0.421 e. The first-order valence-corrected chi connectivity index (χ1v) is 7.26. The normalized spacial score (nSPS) is 10.9. The van der Waals surface area contributed by atoms with Crippen LogP contribution in [0.2, 0.25) is 10.0 Å². The van der Waals surface area contributed by atoms with Crippen molar-refractivity contribution in [2.75, 3.05) is 10.6 Å². The predicted octanol–water partition coefficient (Wildman–Crippen LogP) is 5.23. The summed E-state index contributed by atoms with van der Waals surface area (Å²) in [4.78, 5) is 11.9. The quantitative estimate of drug-likeness (QED) is 0.614. The largest absolute Gasteiger partial charge is 0.505 e. The summed E-state index contributed by atoms with van der Waals surface area (Å²) in [7, 11) is 0. The van der Waals surface area contributed by atoms with Crippen LogP contribution in [0.1, 0.15) is 11.1 Å². The second kappa shape index (κ2) is 7.09. The molecule has 0 fully saturated rings. The fourth-order valence-corrected chi connectivity index (χ4v) is 2.30. The van der Waals surface area contributed by atoms with E-state index < -0.39 is 34.8 Å². The number of phenolic OH excluding ortho intramolecular Hbond substituents is 1. The van der Waals surface area contributed by atoms with E-state index in [9.17, 15) is 23.1 Å². The Labute approximate surface area is 149 Å². The van der Waals surface area contributed by atoms with E-state index in [0.29, 0.717) is 0 Å². The van der Waals surface area contributed by atoms with Crippen LogP contribution >= 0.6 is 23.2 Å². The number of urea groups is 1. The molecule has 2 aromatic rings. The van der Waals surface area contributed by atoms with Crippen molar-refractivity contribution in [2.45, 2.75) is 6.18 Å². The monoisotopic (exact) mass is 389 g/mol. The van der Waals surface area contributed by atoms with E-state index in [1.807, 2.05) is 0 Å². The van der Waals surface area contributed by atoms with Crippen LogP contribution in [0.4, 0.5) is 29.3 Å². The summed E-state index contributed by atoms with van der Waals surface area (Å²) in [6.07, 6.45) is -4.97. The number of hydrogen-bond donors (Lipinski definition) is 3. The van der Waals surface area contributed by atoms with Crippen LogP contribution in [0, 0.1) is 11.3 Å². The van der Waals surface area contributed by atoms with Crippen molar-refractivity contribution in [3.63, 3.8) is 0 Å². The van der Waals surface area contributed by atoms with Gasteiger partial charge in [0.1, 0.15) is 5.56 Å². The molecule has 0 spiro atoms. The van der Waals surface area contributed by atoms with Gasteiger partial charge in [-0.25, -0.2) is 4.79 Å². The van der Waals surface area contributed by atoms with Gasteiger partial charge in [-0.15, -0.1) is 0 Å². The number of aromatic hydroxyl groups is 1. The zero-order valence-electron chi connectivity index (χ0n) is 12.1. The summed E-state index contributed by atoms with van der Waals surface area (Å²) in [6.45, 7) is 0. The molecule has 130 valence electrons. The Morgan fingerprint density at radius 3 is 2.36 bits per heavy atom. The molecule has 2 rings (SSSR count). The van der Waals surface area contributed by atoms with Crippen molar-refractivity contribution in [3.05, 3.63) is 51.5 Å². The molecule has 3 N–H and O–H groups in total. The molecule has 0 aliphatic carbocycles. The minimum absolute atomic E-state index is 0.0411. The number of hydrogen-bond acceptors (Lipinski definition) is 3. The van der Waals surface area contributed by atoms with Crippen LogP contribution in [-0.2, 0) is 6.18 Å². The van der Waals surface area contributed by atoms with Crippen LogP contribution in [0.25, 0.3) is 0 Å². The van der Waals surface area contributed by atoms with Crippen molar-refractivity contribution >= 4 is 40.6 Å². The van der Waals surface area contributed by atoms with Crippen molar-refractivity contribution in [1.82, 2.24) is 0 Å². The highest BCUT2D eigenvalue weighted by atomic mass is 35.5. The minimum Gasteiger partial charge on any atom is -0.505 e. The molecule has 0 heterocycles. The molecule has 0 atom stereocenters. The summed E-state index contributed by atoms with van der Waals surface area (Å²) in [5.41, 5.74) is -2.71. The lowest BCUT2D eigenvalue weighted by atomic mass is 10.1. The van der Waals surface area contributed by atoms with Crippen molar-refractivity contribution in [3.8, 4) is 11.8 Å². The van der Waals surface area contributed by atoms with E-state index in [0.717, 1.165) is 12.1 Å². The molecule has 0 aliphatic rings. The van der Waals surface area contributed by atoms with Gasteiger partial charge in [-0.3, -0.25) is 0 Å². The highest BCUT2D eigenvalue weighted by Crippen LogP contribution is 2.42. The third-order valence-corrected chi connectivity index (χ3v) is 3.85. The van der Waals surface area contributed by atoms with Gasteiger partial charge < -0.3 is 15.7 Å². The summed E-state index contributed by atoms with van der Waals surface area (Å²) in [5.74, 6) is -1.26. The Bertz CT molecular complexity index is 880. The lowest BCUT2D eigenvalue weighted by Crippen LogP contribution is -2.20. The molecule has 2 amide bonds. The van der Waals surface area contributed by atoms with E-state index in [2.05, 4.69) is 10.6 Å². The third-order valence-electron chi connectivity index (χ3n) is 3.03. The maximum Gasteiger partial charge on any atom is 0.421 e. The van der Waals surface area contributed by atoms with Crippen LogP contribution in [-0.4, -0.2) is 11.1 Å². The number of amides is 2. The lowest BCUT2D eigenvalue weighted by molar-refractivity contribution is -0.138. The van der Waals surface area contributed by atoms with Crippen LogP contribution < -0.4 is 10.6 Å². The summed E-state index contributed by atoms with van der Waals surface area (Å²) >= 11 is 11.7. The predicted molar refractivity (Wildman–Crippen MR) is 86.9 cm³/mol. The Morgan fingerprint density at radius 1 is 1.12 bits per heavy atom. The van der Waals surface area contributed by atoms with Gasteiger partial charge in [0.15, 0.2) is 5.75 Å². The van der Waals surface area contributed by atoms with E-state index in [-0.39, 0.29) is 15.7 Å². The Balaban J connectivity index is 2.30. The number of nitrogens with one attached hydrogen (secondary N) is 2. The first kappa shape index (κ1) is 18.7. The number of nitrogens with zero attached hydrogens (tertiary/aromatic N) is 1. The zero-order chi connectivity index (χ0) is 18.8. The Morgan fingerprint density at radius 2 is 1.76 bits per heavy atom. The van der Waals surface area contributed by atoms with E-state index in [1.54, 1.807) is 0 Å². The molecule has 0 radical (unpaired) electrons. The van der Waals surface area contributed by atoms with Gasteiger partial charge in [-0.1, -0.05) is 29.3 Å². The molecule has 0 saturated heterocycles. The number of carbonyl (C=O) groups excluding carboxylic acids is 1. The van der Waals surface area contributed by atoms with Gasteiger partial charge in [0.25, 0.3) is 0 Å². The van der Waals surface area contributed by atoms with Crippen molar-refractivity contribution in [2.24, 2.45) is 0 Å². The highest BCUT2D eigenvalue weighted by Gasteiger charge is 2.38. The molecule has 0 saturated carbocycles. The Kier molecular flexibility index (Phi) is 5.30. The lowest BCUT2D eigenvalue weighted by Gasteiger charge is -2.15. The molecular weight excluding hydrogens is 382 g/mol. The number of alkyl halides is 3. The Hall–Kier alpha value is -2.63. The third kappa shape index (κ3) is 4.07. The summed E-state index contributed by atoms with van der Waals surface area (Å²) < 4.78 is 39.0. The van der Waals surface area contributed by atoms with Crippen molar-refractivity contribution < 1.29 is 23.1 Å².